The van der Waals surface area contributed by atoms with E-state index in [2.05, 4.69) is 9.97 Å². The van der Waals surface area contributed by atoms with E-state index in [1.54, 1.807) is 14.1 Å². The molecule has 1 fully saturated rings. The van der Waals surface area contributed by atoms with Crippen molar-refractivity contribution in [2.45, 2.75) is 30.9 Å². The van der Waals surface area contributed by atoms with Gasteiger partial charge in [-0.1, -0.05) is 6.07 Å². The fourth-order valence-corrected chi connectivity index (χ4v) is 2.99. The van der Waals surface area contributed by atoms with Crippen molar-refractivity contribution in [1.29, 1.82) is 0 Å². The van der Waals surface area contributed by atoms with Crippen molar-refractivity contribution in [3.63, 3.8) is 0 Å². The third-order valence-electron chi connectivity index (χ3n) is 4.68. The number of anilines is 1. The van der Waals surface area contributed by atoms with Gasteiger partial charge in [-0.3, -0.25) is 14.6 Å². The summed E-state index contributed by atoms with van der Waals surface area (Å²) < 4.78 is 52.1. The highest BCUT2D eigenvalue weighted by atomic mass is 19.4. The lowest BCUT2D eigenvalue weighted by Crippen LogP contribution is -2.22. The highest BCUT2D eigenvalue weighted by Crippen LogP contribution is 2.52. The van der Waals surface area contributed by atoms with E-state index in [1.165, 1.54) is 11.0 Å². The predicted octanol–water partition coefficient (Wildman–Crippen LogP) is 3.30. The van der Waals surface area contributed by atoms with Gasteiger partial charge < -0.3 is 4.90 Å². The van der Waals surface area contributed by atoms with Crippen molar-refractivity contribution in [2.24, 2.45) is 0 Å². The second-order valence-corrected chi connectivity index (χ2v) is 6.92. The first-order chi connectivity index (χ1) is 12.5. The molecular weight excluding hydrogens is 366 g/mol. The molecule has 1 aromatic carbocycles. The first-order valence-electron chi connectivity index (χ1n) is 8.21. The van der Waals surface area contributed by atoms with E-state index in [1.807, 2.05) is 0 Å². The van der Waals surface area contributed by atoms with Crippen LogP contribution >= 0.6 is 0 Å². The number of aromatic nitrogens is 2. The summed E-state index contributed by atoms with van der Waals surface area (Å²) in [5.74, 6) is -1.55. The molecule has 2 aromatic rings. The lowest BCUT2D eigenvalue weighted by molar-refractivity contribution is -0.140. The number of ketones is 1. The van der Waals surface area contributed by atoms with Gasteiger partial charge in [-0.15, -0.1) is 0 Å². The Labute approximate surface area is 152 Å². The molecule has 1 saturated carbocycles. The van der Waals surface area contributed by atoms with E-state index in [0.29, 0.717) is 24.5 Å². The maximum absolute atomic E-state index is 13.9. The predicted molar refractivity (Wildman–Crippen MR) is 90.4 cm³/mol. The van der Waals surface area contributed by atoms with Crippen LogP contribution in [0.3, 0.4) is 0 Å². The van der Waals surface area contributed by atoms with Crippen LogP contribution in [0.4, 0.5) is 23.5 Å². The topological polar surface area (TPSA) is 66.1 Å². The Morgan fingerprint density at radius 3 is 2.44 bits per heavy atom. The molecule has 0 unspecified atom stereocenters. The summed E-state index contributed by atoms with van der Waals surface area (Å²) in [7, 11) is 3.31. The van der Waals surface area contributed by atoms with Gasteiger partial charge in [0.25, 0.3) is 5.56 Å². The molecule has 1 N–H and O–H groups in total. The maximum atomic E-state index is 13.9. The number of halogens is 4. The molecule has 0 aliphatic heterocycles. The Hall–Kier alpha value is -2.71. The van der Waals surface area contributed by atoms with E-state index in [4.69, 9.17) is 0 Å². The number of nitrogens with one attached hydrogen (secondary N) is 1. The molecule has 5 nitrogen and oxygen atoms in total. The van der Waals surface area contributed by atoms with Crippen LogP contribution in [0, 0.1) is 5.82 Å². The molecule has 0 spiro atoms. The van der Waals surface area contributed by atoms with Gasteiger partial charge in [0.2, 0.25) is 5.95 Å². The number of Topliss-reactive ketones (excluding diaryl/α,β-unsaturated/α-hetero) is 1. The third-order valence-corrected chi connectivity index (χ3v) is 4.68. The number of aromatic amines is 1. The van der Waals surface area contributed by atoms with Crippen molar-refractivity contribution in [1.82, 2.24) is 9.97 Å². The summed E-state index contributed by atoms with van der Waals surface area (Å²) in [5.41, 5.74) is -2.21. The van der Waals surface area contributed by atoms with Gasteiger partial charge in [0.05, 0.1) is 5.56 Å². The zero-order chi connectivity index (χ0) is 20.0. The molecule has 1 aromatic heterocycles. The number of nitrogens with zero attached hydrogens (tertiary/aromatic N) is 2. The number of alkyl halides is 3. The highest BCUT2D eigenvalue weighted by molar-refractivity contribution is 5.95. The molecule has 9 heteroatoms. The normalized spacial score (nSPS) is 15.5. The number of carbonyl (C=O) groups excluding carboxylic acids is 1. The molecule has 1 aliphatic rings. The lowest BCUT2D eigenvalue weighted by atomic mass is 9.89. The molecule has 0 radical (unpaired) electrons. The fraction of sp³-hybridized carbons (Fsp3) is 0.389. The van der Waals surface area contributed by atoms with Crippen LogP contribution < -0.4 is 10.5 Å². The van der Waals surface area contributed by atoms with Crippen LogP contribution in [0.5, 0.6) is 0 Å². The van der Waals surface area contributed by atoms with Crippen molar-refractivity contribution < 1.29 is 22.4 Å². The average Bonchev–Trinajstić information content (AvgIpc) is 3.33. The summed E-state index contributed by atoms with van der Waals surface area (Å²) in [6.45, 7) is 0. The molecule has 3 rings (SSSR count). The second kappa shape index (κ2) is 6.47. The van der Waals surface area contributed by atoms with E-state index in [-0.39, 0.29) is 18.1 Å². The highest BCUT2D eigenvalue weighted by Gasteiger charge is 2.47. The van der Waals surface area contributed by atoms with Crippen molar-refractivity contribution in [2.75, 3.05) is 19.0 Å². The summed E-state index contributed by atoms with van der Waals surface area (Å²) in [4.78, 5) is 32.5. The standard InChI is InChI=1S/C18H17F4N3O2/c1-25(2)16-23-13(8-15(27)24-16)14(26)9-17(5-6-17)10-3-4-11(12(19)7-10)18(20,21)22/h3-4,7-8H,5-6,9H2,1-2H3,(H,23,24,27). The van der Waals surface area contributed by atoms with Crippen LogP contribution in [0.2, 0.25) is 0 Å². The SMILES string of the molecule is CN(C)c1nc(C(=O)CC2(c3ccc(C(F)(F)F)c(F)c3)CC2)cc(=O)[nH]1. The molecular formula is C18H17F4N3O2. The van der Waals surface area contributed by atoms with Crippen LogP contribution in [-0.4, -0.2) is 29.8 Å². The zero-order valence-electron chi connectivity index (χ0n) is 14.7. The van der Waals surface area contributed by atoms with Gasteiger partial charge in [0, 0.05) is 32.0 Å². The maximum Gasteiger partial charge on any atom is 0.419 e. The third kappa shape index (κ3) is 3.86. The molecule has 0 bridgehead atoms. The molecule has 0 atom stereocenters. The van der Waals surface area contributed by atoms with Crippen molar-refractivity contribution in [3.05, 3.63) is 57.3 Å². The number of carbonyl (C=O) groups is 1. The minimum absolute atomic E-state index is 0.0268. The Morgan fingerprint density at radius 1 is 1.26 bits per heavy atom. The van der Waals surface area contributed by atoms with Crippen LogP contribution in [0.15, 0.2) is 29.1 Å². The summed E-state index contributed by atoms with van der Waals surface area (Å²) in [6.07, 6.45) is -3.73. The first kappa shape index (κ1) is 19.1. The number of H-pyrrole nitrogens is 1. The minimum atomic E-state index is -4.77. The van der Waals surface area contributed by atoms with Gasteiger partial charge in [0.1, 0.15) is 11.5 Å². The number of hydrogen-bond donors (Lipinski definition) is 1. The monoisotopic (exact) mass is 383 g/mol. The van der Waals surface area contributed by atoms with Crippen LogP contribution in [0.1, 0.15) is 40.9 Å². The Kier molecular flexibility index (Phi) is 4.57. The summed E-state index contributed by atoms with van der Waals surface area (Å²) in [5, 5.41) is 0. The van der Waals surface area contributed by atoms with Gasteiger partial charge in [-0.2, -0.15) is 13.2 Å². The summed E-state index contributed by atoms with van der Waals surface area (Å²) in [6, 6.07) is 3.84. The fourth-order valence-electron chi connectivity index (χ4n) is 2.99. The van der Waals surface area contributed by atoms with Gasteiger partial charge in [-0.05, 0) is 30.5 Å². The largest absolute Gasteiger partial charge is 0.419 e. The lowest BCUT2D eigenvalue weighted by Gasteiger charge is -2.17. The van der Waals surface area contributed by atoms with E-state index >= 15 is 0 Å². The molecule has 1 heterocycles. The number of rotatable bonds is 5. The minimum Gasteiger partial charge on any atom is -0.348 e. The Bertz CT molecular complexity index is 946. The van der Waals surface area contributed by atoms with Crippen molar-refractivity contribution >= 4 is 11.7 Å². The van der Waals surface area contributed by atoms with E-state index in [0.717, 1.165) is 12.1 Å². The van der Waals surface area contributed by atoms with E-state index < -0.39 is 34.3 Å². The Balaban J connectivity index is 1.87. The molecule has 1 aliphatic carbocycles. The zero-order valence-corrected chi connectivity index (χ0v) is 14.7. The smallest absolute Gasteiger partial charge is 0.348 e. The van der Waals surface area contributed by atoms with Gasteiger partial charge in [-0.25, -0.2) is 9.37 Å². The quantitative estimate of drug-likeness (QED) is 0.636. The summed E-state index contributed by atoms with van der Waals surface area (Å²) >= 11 is 0. The van der Waals surface area contributed by atoms with Gasteiger partial charge in [0.15, 0.2) is 5.78 Å². The average molecular weight is 383 g/mol. The number of benzene rings is 1. The molecule has 0 saturated heterocycles. The molecule has 27 heavy (non-hydrogen) atoms. The van der Waals surface area contributed by atoms with Crippen LogP contribution in [-0.2, 0) is 11.6 Å². The molecule has 0 amide bonds. The van der Waals surface area contributed by atoms with Gasteiger partial charge >= 0.3 is 6.18 Å². The van der Waals surface area contributed by atoms with Crippen molar-refractivity contribution in [3.8, 4) is 0 Å². The Morgan fingerprint density at radius 2 is 1.93 bits per heavy atom. The molecule has 144 valence electrons. The van der Waals surface area contributed by atoms with E-state index in [9.17, 15) is 27.2 Å². The van der Waals surface area contributed by atoms with Crippen LogP contribution in [0.25, 0.3) is 0 Å². The number of hydrogen-bond acceptors (Lipinski definition) is 4. The second-order valence-electron chi connectivity index (χ2n) is 6.92. The first-order valence-corrected chi connectivity index (χ1v) is 8.21.